The third-order valence-electron chi connectivity index (χ3n) is 4.29. The van der Waals surface area contributed by atoms with Gasteiger partial charge in [0, 0.05) is 22.7 Å². The van der Waals surface area contributed by atoms with Gasteiger partial charge in [-0.3, -0.25) is 13.6 Å². The molecule has 4 aromatic rings. The van der Waals surface area contributed by atoms with Gasteiger partial charge in [0.25, 0.3) is 5.91 Å². The molecule has 0 radical (unpaired) electrons. The number of halogens is 3. The molecule has 1 amide bonds. The lowest BCUT2D eigenvalue weighted by Crippen LogP contribution is -2.14. The molecule has 0 saturated carbocycles. The molecule has 154 valence electrons. The standard InChI is InChI=1S/C21H16Br2FN3O2S/c22-14-11-16(23)19-25-18(17-3-1-10-30-17)20(27(19)12-14)26-21(28)13-4-6-15(7-5-13)29-9-2-8-24/h1,3-7,10-12H,2,8-9H2,(H,26,28). The van der Waals surface area contributed by atoms with Gasteiger partial charge in [-0.2, -0.15) is 0 Å². The predicted molar refractivity (Wildman–Crippen MR) is 124 cm³/mol. The molecule has 0 spiro atoms. The molecular weight excluding hydrogens is 537 g/mol. The van der Waals surface area contributed by atoms with Crippen LogP contribution < -0.4 is 10.1 Å². The molecule has 0 unspecified atom stereocenters. The Kier molecular flexibility index (Phi) is 6.50. The van der Waals surface area contributed by atoms with E-state index in [2.05, 4.69) is 37.2 Å². The molecule has 9 heteroatoms. The van der Waals surface area contributed by atoms with Gasteiger partial charge >= 0.3 is 0 Å². The van der Waals surface area contributed by atoms with Gasteiger partial charge in [0.1, 0.15) is 17.3 Å². The Bertz CT molecular complexity index is 1180. The molecule has 3 aromatic heterocycles. The van der Waals surface area contributed by atoms with E-state index in [1.165, 1.54) is 0 Å². The van der Waals surface area contributed by atoms with Crippen molar-refractivity contribution in [1.29, 1.82) is 0 Å². The number of amides is 1. The number of alkyl halides is 1. The first-order valence-electron chi connectivity index (χ1n) is 9.08. The maximum atomic E-state index is 13.0. The Morgan fingerprint density at radius 2 is 2.03 bits per heavy atom. The molecule has 3 heterocycles. The molecule has 0 aliphatic carbocycles. The minimum Gasteiger partial charge on any atom is -0.493 e. The van der Waals surface area contributed by atoms with Crippen LogP contribution in [0.4, 0.5) is 10.2 Å². The van der Waals surface area contributed by atoms with Crippen molar-refractivity contribution < 1.29 is 13.9 Å². The summed E-state index contributed by atoms with van der Waals surface area (Å²) in [6.07, 6.45) is 2.20. The third-order valence-corrected chi connectivity index (χ3v) is 6.19. The van der Waals surface area contributed by atoms with Crippen molar-refractivity contribution in [3.8, 4) is 16.3 Å². The zero-order valence-corrected chi connectivity index (χ0v) is 19.6. The molecule has 0 bridgehead atoms. The molecular formula is C21H16Br2FN3O2S. The van der Waals surface area contributed by atoms with Crippen LogP contribution in [0, 0.1) is 0 Å². The summed E-state index contributed by atoms with van der Waals surface area (Å²) in [5.74, 6) is 0.922. The molecule has 1 aromatic carbocycles. The van der Waals surface area contributed by atoms with Crippen LogP contribution in [0.5, 0.6) is 5.75 Å². The predicted octanol–water partition coefficient (Wildman–Crippen LogP) is 6.58. The van der Waals surface area contributed by atoms with Crippen LogP contribution in [-0.2, 0) is 0 Å². The summed E-state index contributed by atoms with van der Waals surface area (Å²) >= 11 is 8.59. The fourth-order valence-corrected chi connectivity index (χ4v) is 4.89. The lowest BCUT2D eigenvalue weighted by molar-refractivity contribution is 0.102. The highest BCUT2D eigenvalue weighted by Crippen LogP contribution is 2.35. The third kappa shape index (κ3) is 4.43. The second kappa shape index (κ2) is 9.28. The number of hydrogen-bond acceptors (Lipinski definition) is 4. The largest absolute Gasteiger partial charge is 0.493 e. The highest BCUT2D eigenvalue weighted by molar-refractivity contribution is 9.11. The Balaban J connectivity index is 1.66. The number of imidazole rings is 1. The van der Waals surface area contributed by atoms with Crippen LogP contribution in [0.1, 0.15) is 16.8 Å². The molecule has 0 fully saturated rings. The fourth-order valence-electron chi connectivity index (χ4n) is 2.90. The highest BCUT2D eigenvalue weighted by Gasteiger charge is 2.20. The summed E-state index contributed by atoms with van der Waals surface area (Å²) < 4.78 is 21.1. The second-order valence-electron chi connectivity index (χ2n) is 6.36. The Morgan fingerprint density at radius 1 is 1.23 bits per heavy atom. The van der Waals surface area contributed by atoms with E-state index < -0.39 is 6.67 Å². The lowest BCUT2D eigenvalue weighted by atomic mass is 10.2. The summed E-state index contributed by atoms with van der Waals surface area (Å²) in [5, 5.41) is 4.97. The van der Waals surface area contributed by atoms with Crippen LogP contribution in [0.3, 0.4) is 0 Å². The number of carbonyl (C=O) groups excluding carboxylic acids is 1. The average molecular weight is 553 g/mol. The molecule has 5 nitrogen and oxygen atoms in total. The zero-order valence-electron chi connectivity index (χ0n) is 15.6. The van der Waals surface area contributed by atoms with Gasteiger partial charge in [0.05, 0.1) is 22.6 Å². The van der Waals surface area contributed by atoms with Gasteiger partial charge in [-0.1, -0.05) is 6.07 Å². The zero-order chi connectivity index (χ0) is 21.1. The lowest BCUT2D eigenvalue weighted by Gasteiger charge is -2.09. The molecule has 0 aliphatic rings. The number of hydrogen-bond donors (Lipinski definition) is 1. The Hall–Kier alpha value is -2.23. The highest BCUT2D eigenvalue weighted by atomic mass is 79.9. The van der Waals surface area contributed by atoms with E-state index in [0.717, 1.165) is 13.8 Å². The number of pyridine rings is 1. The molecule has 0 aliphatic heterocycles. The van der Waals surface area contributed by atoms with Gasteiger partial charge in [0.2, 0.25) is 0 Å². The van der Waals surface area contributed by atoms with Gasteiger partial charge in [-0.25, -0.2) is 4.98 Å². The van der Waals surface area contributed by atoms with E-state index >= 15 is 0 Å². The van der Waals surface area contributed by atoms with Crippen molar-refractivity contribution in [3.05, 3.63) is 68.6 Å². The number of fused-ring (bicyclic) bond motifs is 1. The number of benzene rings is 1. The number of nitrogens with one attached hydrogen (secondary N) is 1. The Labute approximate surface area is 193 Å². The van der Waals surface area contributed by atoms with E-state index in [9.17, 15) is 9.18 Å². The van der Waals surface area contributed by atoms with Gasteiger partial charge in [-0.15, -0.1) is 11.3 Å². The molecule has 30 heavy (non-hydrogen) atoms. The summed E-state index contributed by atoms with van der Waals surface area (Å²) in [7, 11) is 0. The summed E-state index contributed by atoms with van der Waals surface area (Å²) in [5.41, 5.74) is 1.88. The van der Waals surface area contributed by atoms with E-state index in [1.807, 2.05) is 34.2 Å². The number of aromatic nitrogens is 2. The van der Waals surface area contributed by atoms with Crippen LogP contribution in [0.15, 0.2) is 63.0 Å². The minimum atomic E-state index is -0.418. The first kappa shape index (κ1) is 21.0. The van der Waals surface area contributed by atoms with E-state index in [1.54, 1.807) is 35.6 Å². The number of anilines is 1. The maximum Gasteiger partial charge on any atom is 0.256 e. The number of carbonyl (C=O) groups is 1. The van der Waals surface area contributed by atoms with Crippen molar-refractivity contribution in [1.82, 2.24) is 9.38 Å². The molecule has 0 atom stereocenters. The minimum absolute atomic E-state index is 0.263. The monoisotopic (exact) mass is 551 g/mol. The van der Waals surface area contributed by atoms with Gasteiger partial charge in [0.15, 0.2) is 5.65 Å². The molecule has 1 N–H and O–H groups in total. The van der Waals surface area contributed by atoms with Crippen LogP contribution in [0.25, 0.3) is 16.2 Å². The van der Waals surface area contributed by atoms with Crippen LogP contribution >= 0.6 is 43.2 Å². The topological polar surface area (TPSA) is 55.6 Å². The van der Waals surface area contributed by atoms with E-state index in [-0.39, 0.29) is 5.91 Å². The second-order valence-corrected chi connectivity index (χ2v) is 9.07. The summed E-state index contributed by atoms with van der Waals surface area (Å²) in [4.78, 5) is 18.6. The SMILES string of the molecule is O=C(Nc1c(-c2cccs2)nc2c(Br)cc(Br)cn12)c1ccc(OCCCF)cc1. The van der Waals surface area contributed by atoms with Gasteiger partial charge in [-0.05, 0) is 73.6 Å². The number of rotatable bonds is 7. The van der Waals surface area contributed by atoms with E-state index in [0.29, 0.717) is 41.5 Å². The van der Waals surface area contributed by atoms with Crippen molar-refractivity contribution in [2.45, 2.75) is 6.42 Å². The quantitative estimate of drug-likeness (QED) is 0.263. The first-order chi connectivity index (χ1) is 14.6. The fraction of sp³-hybridized carbons (Fsp3) is 0.143. The van der Waals surface area contributed by atoms with Gasteiger partial charge < -0.3 is 10.1 Å². The van der Waals surface area contributed by atoms with Crippen molar-refractivity contribution in [2.75, 3.05) is 18.6 Å². The number of thiophene rings is 1. The van der Waals surface area contributed by atoms with Crippen molar-refractivity contribution in [3.63, 3.8) is 0 Å². The number of nitrogens with zero attached hydrogens (tertiary/aromatic N) is 2. The average Bonchev–Trinajstić information content (AvgIpc) is 3.37. The van der Waals surface area contributed by atoms with Crippen molar-refractivity contribution >= 4 is 60.6 Å². The summed E-state index contributed by atoms with van der Waals surface area (Å²) in [6, 6.07) is 12.6. The Morgan fingerprint density at radius 3 is 2.73 bits per heavy atom. The van der Waals surface area contributed by atoms with Crippen LogP contribution in [-0.4, -0.2) is 28.6 Å². The molecule has 0 saturated heterocycles. The normalized spacial score (nSPS) is 11.0. The maximum absolute atomic E-state index is 13.0. The van der Waals surface area contributed by atoms with Crippen LogP contribution in [0.2, 0.25) is 0 Å². The molecule has 4 rings (SSSR count). The van der Waals surface area contributed by atoms with Crippen molar-refractivity contribution in [2.24, 2.45) is 0 Å². The smallest absolute Gasteiger partial charge is 0.256 e. The first-order valence-corrected chi connectivity index (χ1v) is 11.5. The number of ether oxygens (including phenoxy) is 1. The summed E-state index contributed by atoms with van der Waals surface area (Å²) in [6.45, 7) is -0.115. The van der Waals surface area contributed by atoms with E-state index in [4.69, 9.17) is 9.72 Å².